The van der Waals surface area contributed by atoms with Crippen LogP contribution in [0.25, 0.3) is 6.08 Å². The first kappa shape index (κ1) is 20.7. The Morgan fingerprint density at radius 2 is 1.96 bits per heavy atom. The minimum atomic E-state index is -0.768. The second-order valence-corrected chi connectivity index (χ2v) is 5.74. The van der Waals surface area contributed by atoms with Crippen LogP contribution in [0.4, 0.5) is 0 Å². The quantitative estimate of drug-likeness (QED) is 0.229. The van der Waals surface area contributed by atoms with Crippen molar-refractivity contribution in [1.29, 1.82) is 5.26 Å². The molecule has 0 fully saturated rings. The highest BCUT2D eigenvalue weighted by atomic mass is 35.5. The molecule has 28 heavy (non-hydrogen) atoms. The minimum Gasteiger partial charge on any atom is -0.493 e. The van der Waals surface area contributed by atoms with E-state index in [4.69, 9.17) is 31.1 Å². The molecular formula is C21H16ClNO5. The second-order valence-electron chi connectivity index (χ2n) is 5.34. The molecule has 142 valence electrons. The molecule has 2 aromatic rings. The van der Waals surface area contributed by atoms with E-state index in [-0.39, 0.29) is 34.3 Å². The molecule has 0 aromatic heterocycles. The van der Waals surface area contributed by atoms with Gasteiger partial charge in [-0.2, -0.15) is 5.26 Å². The van der Waals surface area contributed by atoms with Crippen LogP contribution in [0.15, 0.2) is 60.7 Å². The van der Waals surface area contributed by atoms with Crippen LogP contribution in [0.2, 0.25) is 5.02 Å². The number of nitrogens with zero attached hydrogens (tertiary/aromatic N) is 1. The lowest BCUT2D eigenvalue weighted by molar-refractivity contribution is -0.137. The molecule has 0 heterocycles. The van der Waals surface area contributed by atoms with Gasteiger partial charge in [0.05, 0.1) is 17.7 Å². The van der Waals surface area contributed by atoms with Crippen LogP contribution >= 0.6 is 11.6 Å². The summed E-state index contributed by atoms with van der Waals surface area (Å²) in [6.45, 7) is 3.44. The molecule has 0 N–H and O–H groups in total. The van der Waals surface area contributed by atoms with E-state index in [9.17, 15) is 9.59 Å². The summed E-state index contributed by atoms with van der Waals surface area (Å²) < 4.78 is 15.4. The number of hydrogen-bond donors (Lipinski definition) is 0. The van der Waals surface area contributed by atoms with Crippen LogP contribution in [-0.2, 0) is 9.53 Å². The summed E-state index contributed by atoms with van der Waals surface area (Å²) in [5, 5.41) is 9.42. The lowest BCUT2D eigenvalue weighted by atomic mass is 10.1. The number of methoxy groups -OCH3 is 1. The van der Waals surface area contributed by atoms with E-state index in [0.29, 0.717) is 5.56 Å². The Kier molecular flexibility index (Phi) is 7.37. The molecule has 0 aliphatic rings. The molecule has 2 rings (SSSR count). The smallest absolute Gasteiger partial charge is 0.349 e. The van der Waals surface area contributed by atoms with E-state index < -0.39 is 11.9 Å². The molecular weight excluding hydrogens is 382 g/mol. The first-order chi connectivity index (χ1) is 13.5. The molecule has 2 aromatic carbocycles. The van der Waals surface area contributed by atoms with Crippen molar-refractivity contribution in [3.8, 4) is 17.6 Å². The molecule has 7 heteroatoms. The van der Waals surface area contributed by atoms with E-state index >= 15 is 0 Å². The van der Waals surface area contributed by atoms with Crippen molar-refractivity contribution in [3.05, 3.63) is 76.8 Å². The normalized spacial score (nSPS) is 10.5. The predicted molar refractivity (Wildman–Crippen MR) is 104 cm³/mol. The van der Waals surface area contributed by atoms with Crippen molar-refractivity contribution in [2.75, 3.05) is 13.7 Å². The number of ether oxygens (including phenoxy) is 3. The van der Waals surface area contributed by atoms with Crippen LogP contribution < -0.4 is 9.47 Å². The Bertz CT molecular complexity index is 975. The molecule has 0 bridgehead atoms. The van der Waals surface area contributed by atoms with Crippen molar-refractivity contribution in [2.24, 2.45) is 0 Å². The van der Waals surface area contributed by atoms with Gasteiger partial charge >= 0.3 is 11.9 Å². The van der Waals surface area contributed by atoms with Gasteiger partial charge in [0, 0.05) is 0 Å². The highest BCUT2D eigenvalue weighted by Gasteiger charge is 2.16. The van der Waals surface area contributed by atoms with E-state index in [1.54, 1.807) is 36.4 Å². The van der Waals surface area contributed by atoms with Crippen molar-refractivity contribution >= 4 is 29.6 Å². The van der Waals surface area contributed by atoms with Crippen molar-refractivity contribution in [3.63, 3.8) is 0 Å². The summed E-state index contributed by atoms with van der Waals surface area (Å²) in [7, 11) is 1.40. The van der Waals surface area contributed by atoms with Crippen molar-refractivity contribution in [2.45, 2.75) is 0 Å². The lowest BCUT2D eigenvalue weighted by Gasteiger charge is -2.11. The maximum Gasteiger partial charge on any atom is 0.349 e. The minimum absolute atomic E-state index is 0.00188. The van der Waals surface area contributed by atoms with Crippen LogP contribution in [0.1, 0.15) is 15.9 Å². The summed E-state index contributed by atoms with van der Waals surface area (Å²) in [4.78, 5) is 24.1. The van der Waals surface area contributed by atoms with Gasteiger partial charge in [0.15, 0.2) is 11.5 Å². The van der Waals surface area contributed by atoms with Gasteiger partial charge in [-0.05, 0) is 35.9 Å². The number of esters is 2. The van der Waals surface area contributed by atoms with Gasteiger partial charge in [0.1, 0.15) is 18.2 Å². The predicted octanol–water partition coefficient (Wildman–Crippen LogP) is 4.20. The maximum absolute atomic E-state index is 12.3. The average Bonchev–Trinajstić information content (AvgIpc) is 2.71. The summed E-state index contributed by atoms with van der Waals surface area (Å²) in [6, 6.07) is 12.9. The Labute approximate surface area is 167 Å². The summed E-state index contributed by atoms with van der Waals surface area (Å²) in [5.74, 6) is -1.00. The third-order valence-corrected chi connectivity index (χ3v) is 3.80. The molecule has 0 amide bonds. The lowest BCUT2D eigenvalue weighted by Crippen LogP contribution is -2.10. The third-order valence-electron chi connectivity index (χ3n) is 3.47. The second kappa shape index (κ2) is 9.95. The van der Waals surface area contributed by atoms with Gasteiger partial charge < -0.3 is 14.2 Å². The first-order valence-electron chi connectivity index (χ1n) is 8.04. The van der Waals surface area contributed by atoms with Crippen LogP contribution in [0.3, 0.4) is 0 Å². The average molecular weight is 398 g/mol. The van der Waals surface area contributed by atoms with Crippen molar-refractivity contribution < 1.29 is 23.8 Å². The molecule has 0 saturated carbocycles. The van der Waals surface area contributed by atoms with Crippen molar-refractivity contribution in [1.82, 2.24) is 0 Å². The van der Waals surface area contributed by atoms with E-state index in [0.717, 1.165) is 0 Å². The number of carbonyl (C=O) groups is 2. The summed E-state index contributed by atoms with van der Waals surface area (Å²) in [6.07, 6.45) is 2.74. The van der Waals surface area contributed by atoms with Gasteiger partial charge in [-0.3, -0.25) is 0 Å². The highest BCUT2D eigenvalue weighted by Crippen LogP contribution is 2.30. The molecule has 0 radical (unpaired) electrons. The molecule has 0 spiro atoms. The number of nitriles is 1. The number of benzene rings is 2. The molecule has 0 atom stereocenters. The Hall–Kier alpha value is -3.56. The fourth-order valence-electron chi connectivity index (χ4n) is 2.16. The molecule has 0 aliphatic carbocycles. The Balaban J connectivity index is 2.26. The van der Waals surface area contributed by atoms with E-state index in [1.807, 2.05) is 0 Å². The fraction of sp³-hybridized carbons (Fsp3) is 0.0952. The standard InChI is InChI=1S/C21H16ClNO5/c1-3-10-27-20(24)15(13-23)11-14-8-9-18(19(12-14)26-2)28-21(25)16-6-4-5-7-17(16)22/h3-9,11-12H,1,10H2,2H3/b15-11+. The zero-order valence-electron chi connectivity index (χ0n) is 15.0. The molecule has 0 saturated heterocycles. The van der Waals surface area contributed by atoms with Gasteiger partial charge in [0.2, 0.25) is 0 Å². The monoisotopic (exact) mass is 397 g/mol. The largest absolute Gasteiger partial charge is 0.493 e. The Morgan fingerprint density at radius 1 is 1.21 bits per heavy atom. The highest BCUT2D eigenvalue weighted by molar-refractivity contribution is 6.33. The zero-order valence-corrected chi connectivity index (χ0v) is 15.7. The van der Waals surface area contributed by atoms with E-state index in [1.165, 1.54) is 31.4 Å². The fourth-order valence-corrected chi connectivity index (χ4v) is 2.37. The summed E-state index contributed by atoms with van der Waals surface area (Å²) >= 11 is 6.00. The van der Waals surface area contributed by atoms with Gasteiger partial charge in [-0.1, -0.05) is 42.5 Å². The number of halogens is 1. The first-order valence-corrected chi connectivity index (χ1v) is 8.42. The van der Waals surface area contributed by atoms with Crippen LogP contribution in [-0.4, -0.2) is 25.7 Å². The van der Waals surface area contributed by atoms with Gasteiger partial charge in [-0.25, -0.2) is 9.59 Å². The number of hydrogen-bond acceptors (Lipinski definition) is 6. The van der Waals surface area contributed by atoms with Gasteiger partial charge in [-0.15, -0.1) is 0 Å². The topological polar surface area (TPSA) is 85.6 Å². The summed E-state index contributed by atoms with van der Waals surface area (Å²) in [5.41, 5.74) is 0.512. The maximum atomic E-state index is 12.3. The zero-order chi connectivity index (χ0) is 20.5. The molecule has 0 aliphatic heterocycles. The number of carbonyl (C=O) groups excluding carboxylic acids is 2. The number of rotatable bonds is 7. The third kappa shape index (κ3) is 5.22. The van der Waals surface area contributed by atoms with Crippen LogP contribution in [0, 0.1) is 11.3 Å². The Morgan fingerprint density at radius 3 is 2.61 bits per heavy atom. The molecule has 6 nitrogen and oxygen atoms in total. The van der Waals surface area contributed by atoms with Gasteiger partial charge in [0.25, 0.3) is 0 Å². The molecule has 0 unspecified atom stereocenters. The SMILES string of the molecule is C=CCOC(=O)/C(C#N)=C/c1ccc(OC(=O)c2ccccc2Cl)c(OC)c1. The van der Waals surface area contributed by atoms with Crippen LogP contribution in [0.5, 0.6) is 11.5 Å². The van der Waals surface area contributed by atoms with E-state index in [2.05, 4.69) is 6.58 Å².